The van der Waals surface area contributed by atoms with Gasteiger partial charge in [0.25, 0.3) is 0 Å². The van der Waals surface area contributed by atoms with Crippen molar-refractivity contribution in [1.82, 2.24) is 9.55 Å². The van der Waals surface area contributed by atoms with Gasteiger partial charge in [0, 0.05) is 44.2 Å². The smallest absolute Gasteiger partial charge is 0.230 e. The van der Waals surface area contributed by atoms with Gasteiger partial charge in [0.15, 0.2) is 6.20 Å². The predicted octanol–water partition coefficient (Wildman–Crippen LogP) is 9.80. The fraction of sp³-hybridized carbons (Fsp3) is 0.158. The summed E-state index contributed by atoms with van der Waals surface area (Å²) in [6, 6.07) is 33.3. The first-order valence-electron chi connectivity index (χ1n) is 14.5. The van der Waals surface area contributed by atoms with Gasteiger partial charge in [-0.05, 0) is 76.7 Å². The molecular formula is C38H32N3S+. The van der Waals surface area contributed by atoms with Crippen LogP contribution >= 0.6 is 11.3 Å². The zero-order valence-electron chi connectivity index (χ0n) is 24.6. The first-order valence-corrected chi connectivity index (χ1v) is 15.4. The van der Waals surface area contributed by atoms with Crippen LogP contribution in [0, 0.1) is 6.92 Å². The predicted molar refractivity (Wildman–Crippen MR) is 179 cm³/mol. The van der Waals surface area contributed by atoms with Crippen LogP contribution in [0.1, 0.15) is 31.9 Å². The molecule has 3 nitrogen and oxygen atoms in total. The minimum Gasteiger partial charge on any atom is -0.294 e. The molecule has 0 aliphatic carbocycles. The first-order chi connectivity index (χ1) is 20.3. The van der Waals surface area contributed by atoms with Crippen LogP contribution in [0.5, 0.6) is 0 Å². The average molecular weight is 563 g/mol. The van der Waals surface area contributed by atoms with Gasteiger partial charge >= 0.3 is 0 Å². The van der Waals surface area contributed by atoms with Gasteiger partial charge in [0.05, 0.1) is 11.1 Å². The average Bonchev–Trinajstić information content (AvgIpc) is 3.52. The molecule has 4 heterocycles. The molecule has 4 heteroatoms. The number of fused-ring (bicyclic) bond motifs is 7. The van der Waals surface area contributed by atoms with E-state index in [1.807, 2.05) is 23.6 Å². The highest BCUT2D eigenvalue weighted by Crippen LogP contribution is 2.43. The van der Waals surface area contributed by atoms with Gasteiger partial charge in [0.1, 0.15) is 17.4 Å². The number of hydrogen-bond acceptors (Lipinski definition) is 2. The Morgan fingerprint density at radius 2 is 1.48 bits per heavy atom. The Morgan fingerprint density at radius 3 is 2.29 bits per heavy atom. The summed E-state index contributed by atoms with van der Waals surface area (Å²) in [7, 11) is 2.18. The van der Waals surface area contributed by atoms with Crippen LogP contribution in [0.4, 0.5) is 0 Å². The van der Waals surface area contributed by atoms with E-state index in [4.69, 9.17) is 4.98 Å². The van der Waals surface area contributed by atoms with Crippen molar-refractivity contribution in [2.24, 2.45) is 7.05 Å². The van der Waals surface area contributed by atoms with Gasteiger partial charge in [-0.1, -0.05) is 63.2 Å². The van der Waals surface area contributed by atoms with Crippen LogP contribution in [0.15, 0.2) is 103 Å². The second-order valence-corrected chi connectivity index (χ2v) is 13.5. The summed E-state index contributed by atoms with van der Waals surface area (Å²) in [4.78, 5) is 4.81. The maximum Gasteiger partial charge on any atom is 0.230 e. The number of pyridine rings is 2. The number of aromatic nitrogens is 3. The zero-order valence-corrected chi connectivity index (χ0v) is 25.4. The largest absolute Gasteiger partial charge is 0.294 e. The second-order valence-electron chi connectivity index (χ2n) is 12.4. The van der Waals surface area contributed by atoms with E-state index in [1.165, 1.54) is 69.6 Å². The summed E-state index contributed by atoms with van der Waals surface area (Å²) in [5.74, 6) is 0. The fourth-order valence-electron chi connectivity index (χ4n) is 6.76. The highest BCUT2D eigenvalue weighted by atomic mass is 32.1. The lowest BCUT2D eigenvalue weighted by Crippen LogP contribution is -2.30. The van der Waals surface area contributed by atoms with Crippen molar-refractivity contribution in [2.75, 3.05) is 0 Å². The number of para-hydroxylation sites is 1. The summed E-state index contributed by atoms with van der Waals surface area (Å²) < 4.78 is 7.23. The molecule has 0 aliphatic rings. The van der Waals surface area contributed by atoms with E-state index in [0.29, 0.717) is 0 Å². The van der Waals surface area contributed by atoms with Crippen LogP contribution in [0.25, 0.3) is 69.8 Å². The standard InChI is InChI=1S/C38H32N3S/c1-23-25-11-6-7-12-26(25)32(38(2,3)4)22-30(23)35-36-28(18-20-40(35)5)31-21-24(16-17-34(31)42-36)41-33-15-9-8-13-27(33)29-14-10-19-39-37(29)41/h6-22H,1-5H3/q+1. The number of nitrogens with zero attached hydrogens (tertiary/aromatic N) is 3. The molecule has 0 radical (unpaired) electrons. The van der Waals surface area contributed by atoms with Crippen LogP contribution in [-0.2, 0) is 12.5 Å². The van der Waals surface area contributed by atoms with Gasteiger partial charge in [-0.3, -0.25) is 4.57 Å². The molecule has 0 aliphatic heterocycles. The van der Waals surface area contributed by atoms with Gasteiger partial charge in [-0.2, -0.15) is 4.57 Å². The van der Waals surface area contributed by atoms with Crippen molar-refractivity contribution in [3.8, 4) is 16.9 Å². The summed E-state index contributed by atoms with van der Waals surface area (Å²) >= 11 is 1.89. The lowest BCUT2D eigenvalue weighted by molar-refractivity contribution is -0.659. The number of thiophene rings is 1. The van der Waals surface area contributed by atoms with Gasteiger partial charge in [-0.25, -0.2) is 4.98 Å². The molecule has 0 fully saturated rings. The topological polar surface area (TPSA) is 21.7 Å². The number of aryl methyl sites for hydroxylation is 2. The van der Waals surface area contributed by atoms with Gasteiger partial charge < -0.3 is 0 Å². The Morgan fingerprint density at radius 1 is 0.738 bits per heavy atom. The van der Waals surface area contributed by atoms with Crippen molar-refractivity contribution in [1.29, 1.82) is 0 Å². The molecular weight excluding hydrogens is 531 g/mol. The molecule has 0 saturated heterocycles. The van der Waals surface area contributed by atoms with E-state index >= 15 is 0 Å². The molecule has 0 amide bonds. The molecule has 0 saturated carbocycles. The van der Waals surface area contributed by atoms with Gasteiger partial charge in [-0.15, -0.1) is 11.3 Å². The quantitative estimate of drug-likeness (QED) is 0.192. The molecule has 0 spiro atoms. The minimum absolute atomic E-state index is 0.0277. The zero-order chi connectivity index (χ0) is 28.7. The number of hydrogen-bond donors (Lipinski definition) is 0. The summed E-state index contributed by atoms with van der Waals surface area (Å²) in [5.41, 5.74) is 8.64. The van der Waals surface area contributed by atoms with Crippen molar-refractivity contribution >= 4 is 64.2 Å². The number of benzene rings is 4. The van der Waals surface area contributed by atoms with Crippen molar-refractivity contribution in [2.45, 2.75) is 33.1 Å². The molecule has 0 unspecified atom stereocenters. The maximum absolute atomic E-state index is 4.81. The Bertz CT molecular complexity index is 2310. The van der Waals surface area contributed by atoms with Crippen LogP contribution in [-0.4, -0.2) is 9.55 Å². The fourth-order valence-corrected chi connectivity index (χ4v) is 8.04. The monoisotopic (exact) mass is 562 g/mol. The third-order valence-corrected chi connectivity index (χ3v) is 10.0. The first kappa shape index (κ1) is 25.2. The summed E-state index contributed by atoms with van der Waals surface area (Å²) in [5, 5.41) is 7.67. The molecule has 42 heavy (non-hydrogen) atoms. The highest BCUT2D eigenvalue weighted by Gasteiger charge is 2.26. The molecule has 4 aromatic heterocycles. The SMILES string of the molecule is Cc1c(-c2c3sc4ccc(-n5c6ccccc6c6cccnc65)cc4c3cc[n+]2C)cc(C(C)(C)C)c2ccccc12. The highest BCUT2D eigenvalue weighted by molar-refractivity contribution is 7.26. The number of rotatable bonds is 2. The third-order valence-electron chi connectivity index (χ3n) is 8.81. The Balaban J connectivity index is 1.42. The Kier molecular flexibility index (Phi) is 5.38. The van der Waals surface area contributed by atoms with E-state index in [2.05, 4.69) is 135 Å². The molecule has 0 atom stereocenters. The van der Waals surface area contributed by atoms with Crippen molar-refractivity contribution in [3.05, 3.63) is 115 Å². The van der Waals surface area contributed by atoms with E-state index in [0.717, 1.165) is 11.3 Å². The van der Waals surface area contributed by atoms with E-state index in [-0.39, 0.29) is 5.41 Å². The van der Waals surface area contributed by atoms with Crippen LogP contribution in [0.3, 0.4) is 0 Å². The van der Waals surface area contributed by atoms with Crippen molar-refractivity contribution in [3.63, 3.8) is 0 Å². The minimum atomic E-state index is 0.0277. The van der Waals surface area contributed by atoms with Gasteiger partial charge in [0.2, 0.25) is 5.69 Å². The molecule has 204 valence electrons. The van der Waals surface area contributed by atoms with Crippen LogP contribution < -0.4 is 4.57 Å². The van der Waals surface area contributed by atoms with E-state index in [9.17, 15) is 0 Å². The molecule has 4 aromatic carbocycles. The Labute approximate surface area is 249 Å². The lowest BCUT2D eigenvalue weighted by atomic mass is 9.80. The lowest BCUT2D eigenvalue weighted by Gasteiger charge is -2.24. The Hall–Kier alpha value is -4.54. The summed E-state index contributed by atoms with van der Waals surface area (Å²) in [6.07, 6.45) is 4.12. The molecule has 0 N–H and O–H groups in total. The maximum atomic E-state index is 4.81. The summed E-state index contributed by atoms with van der Waals surface area (Å²) in [6.45, 7) is 9.24. The van der Waals surface area contributed by atoms with E-state index < -0.39 is 0 Å². The van der Waals surface area contributed by atoms with Crippen molar-refractivity contribution < 1.29 is 4.57 Å². The third kappa shape index (κ3) is 3.58. The van der Waals surface area contributed by atoms with Crippen LogP contribution in [0.2, 0.25) is 0 Å². The second kappa shape index (κ2) is 8.98. The van der Waals surface area contributed by atoms with E-state index in [1.54, 1.807) is 0 Å². The normalized spacial score (nSPS) is 12.4. The molecule has 0 bridgehead atoms. The molecule has 8 rings (SSSR count). The molecule has 8 aromatic rings.